The van der Waals surface area contributed by atoms with Gasteiger partial charge in [-0.25, -0.2) is 18.1 Å². The third-order valence-corrected chi connectivity index (χ3v) is 5.71. The summed E-state index contributed by atoms with van der Waals surface area (Å²) in [4.78, 5) is 17.0. The van der Waals surface area contributed by atoms with E-state index in [-0.39, 0.29) is 10.8 Å². The zero-order valence-corrected chi connectivity index (χ0v) is 14.8. The number of sulfonamides is 1. The van der Waals surface area contributed by atoms with Gasteiger partial charge >= 0.3 is 0 Å². The molecule has 1 aliphatic rings. The van der Waals surface area contributed by atoms with E-state index in [4.69, 9.17) is 4.42 Å². The Bertz CT molecular complexity index is 1080. The van der Waals surface area contributed by atoms with Crippen LogP contribution in [0.1, 0.15) is 35.0 Å². The van der Waals surface area contributed by atoms with Crippen molar-refractivity contribution in [3.63, 3.8) is 0 Å². The van der Waals surface area contributed by atoms with E-state index < -0.39 is 10.0 Å². The molecule has 1 aliphatic carbocycles. The van der Waals surface area contributed by atoms with Crippen molar-refractivity contribution in [2.24, 2.45) is 0 Å². The van der Waals surface area contributed by atoms with E-state index in [0.717, 1.165) is 18.7 Å². The highest BCUT2D eigenvalue weighted by Gasteiger charge is 2.28. The summed E-state index contributed by atoms with van der Waals surface area (Å²) in [6.45, 7) is 0. The maximum Gasteiger partial charge on any atom is 0.255 e. The first-order chi connectivity index (χ1) is 12.5. The van der Waals surface area contributed by atoms with E-state index in [1.54, 1.807) is 18.2 Å². The predicted molar refractivity (Wildman–Crippen MR) is 96.6 cm³/mol. The number of carbonyl (C=O) groups is 1. The first-order valence-electron chi connectivity index (χ1n) is 8.22. The molecule has 1 saturated carbocycles. The highest BCUT2D eigenvalue weighted by molar-refractivity contribution is 7.89. The van der Waals surface area contributed by atoms with Crippen molar-refractivity contribution in [1.82, 2.24) is 9.71 Å². The average Bonchev–Trinajstić information content (AvgIpc) is 3.41. The fourth-order valence-corrected chi connectivity index (χ4v) is 3.36. The number of carbonyl (C=O) groups excluding carboxylic acids is 1. The fourth-order valence-electron chi connectivity index (χ4n) is 2.63. The third kappa shape index (κ3) is 3.21. The summed E-state index contributed by atoms with van der Waals surface area (Å²) < 4.78 is 31.4. The molecular weight excluding hydrogens is 354 g/mol. The van der Waals surface area contributed by atoms with Crippen LogP contribution >= 0.6 is 0 Å². The summed E-state index contributed by atoms with van der Waals surface area (Å²) in [5.74, 6) is 0.848. The molecule has 1 amide bonds. The van der Waals surface area contributed by atoms with Gasteiger partial charge in [-0.15, -0.1) is 0 Å². The monoisotopic (exact) mass is 371 g/mol. The topological polar surface area (TPSA) is 101 Å². The number of fused-ring (bicyclic) bond motifs is 1. The van der Waals surface area contributed by atoms with E-state index in [2.05, 4.69) is 15.0 Å². The number of hydrogen-bond acceptors (Lipinski definition) is 5. The Balaban J connectivity index is 1.53. The highest BCUT2D eigenvalue weighted by atomic mass is 32.2. The van der Waals surface area contributed by atoms with Crippen LogP contribution in [0.3, 0.4) is 0 Å². The molecular formula is C18H17N3O4S. The molecule has 0 bridgehead atoms. The van der Waals surface area contributed by atoms with E-state index >= 15 is 0 Å². The van der Waals surface area contributed by atoms with Crippen LogP contribution in [-0.2, 0) is 10.0 Å². The van der Waals surface area contributed by atoms with Gasteiger partial charge in [-0.3, -0.25) is 4.79 Å². The van der Waals surface area contributed by atoms with Gasteiger partial charge in [0.1, 0.15) is 5.52 Å². The Morgan fingerprint density at radius 2 is 1.88 bits per heavy atom. The molecule has 0 radical (unpaired) electrons. The van der Waals surface area contributed by atoms with Crippen LogP contribution < -0.4 is 10.0 Å². The average molecular weight is 371 g/mol. The van der Waals surface area contributed by atoms with Gasteiger partial charge in [0.25, 0.3) is 5.91 Å². The predicted octanol–water partition coefficient (Wildman–Crippen LogP) is 2.87. The van der Waals surface area contributed by atoms with Crippen molar-refractivity contribution in [2.45, 2.75) is 23.7 Å². The van der Waals surface area contributed by atoms with Crippen LogP contribution in [0.4, 0.5) is 5.69 Å². The molecule has 1 aromatic heterocycles. The Hall–Kier alpha value is -2.71. The largest absolute Gasteiger partial charge is 0.440 e. The lowest BCUT2D eigenvalue weighted by Gasteiger charge is -2.06. The molecule has 4 rings (SSSR count). The van der Waals surface area contributed by atoms with Crippen molar-refractivity contribution >= 4 is 32.7 Å². The quantitative estimate of drug-likeness (QED) is 0.718. The van der Waals surface area contributed by atoms with Crippen LogP contribution in [0.5, 0.6) is 0 Å². The molecule has 0 spiro atoms. The Labute approximate surface area is 150 Å². The van der Waals surface area contributed by atoms with Gasteiger partial charge in [-0.2, -0.15) is 0 Å². The molecule has 26 heavy (non-hydrogen) atoms. The summed E-state index contributed by atoms with van der Waals surface area (Å²) in [6.07, 6.45) is 2.21. The fraction of sp³-hybridized carbons (Fsp3) is 0.222. The molecule has 1 fully saturated rings. The number of nitrogens with one attached hydrogen (secondary N) is 2. The first-order valence-corrected chi connectivity index (χ1v) is 9.70. The van der Waals surface area contributed by atoms with E-state index in [1.165, 1.54) is 31.3 Å². The van der Waals surface area contributed by atoms with Gasteiger partial charge in [0, 0.05) is 17.2 Å². The van der Waals surface area contributed by atoms with E-state index in [0.29, 0.717) is 28.3 Å². The lowest BCUT2D eigenvalue weighted by molar-refractivity contribution is 0.102. The summed E-state index contributed by atoms with van der Waals surface area (Å²) in [5.41, 5.74) is 2.37. The number of hydrogen-bond donors (Lipinski definition) is 2. The second-order valence-electron chi connectivity index (χ2n) is 6.19. The summed E-state index contributed by atoms with van der Waals surface area (Å²) in [7, 11) is -2.19. The minimum absolute atomic E-state index is 0.105. The molecule has 7 nitrogen and oxygen atoms in total. The minimum atomic E-state index is -3.52. The second-order valence-corrected chi connectivity index (χ2v) is 8.08. The molecule has 1 heterocycles. The third-order valence-electron chi connectivity index (χ3n) is 4.28. The van der Waals surface area contributed by atoms with Crippen molar-refractivity contribution in [3.8, 4) is 0 Å². The highest BCUT2D eigenvalue weighted by Crippen LogP contribution is 2.40. The van der Waals surface area contributed by atoms with Gasteiger partial charge in [-0.05, 0) is 62.4 Å². The number of oxazole rings is 1. The van der Waals surface area contributed by atoms with E-state index in [1.807, 2.05) is 0 Å². The van der Waals surface area contributed by atoms with Crippen molar-refractivity contribution < 1.29 is 17.6 Å². The molecule has 8 heteroatoms. The lowest BCUT2D eigenvalue weighted by atomic mass is 10.2. The molecule has 0 atom stereocenters. The number of amides is 1. The molecule has 134 valence electrons. The molecule has 2 N–H and O–H groups in total. The van der Waals surface area contributed by atoms with Crippen molar-refractivity contribution in [3.05, 3.63) is 53.9 Å². The first kappa shape index (κ1) is 16.7. The SMILES string of the molecule is CNS(=O)(=O)c1ccc(C(=O)Nc2ccc3oc(C4CC4)nc3c2)cc1. The number of rotatable bonds is 5. The van der Waals surface area contributed by atoms with Crippen molar-refractivity contribution in [2.75, 3.05) is 12.4 Å². The number of anilines is 1. The normalized spacial score (nSPS) is 14.5. The second kappa shape index (κ2) is 6.22. The van der Waals surface area contributed by atoms with Gasteiger partial charge in [-0.1, -0.05) is 0 Å². The standard InChI is InChI=1S/C18H17N3O4S/c1-19-26(23,24)14-7-4-11(5-8-14)17(22)20-13-6-9-16-15(10-13)21-18(25-16)12-2-3-12/h4-10,12,19H,2-3H2,1H3,(H,20,22). The molecule has 0 unspecified atom stereocenters. The van der Waals surface area contributed by atoms with Crippen LogP contribution in [0.25, 0.3) is 11.1 Å². The minimum Gasteiger partial charge on any atom is -0.440 e. The molecule has 0 saturated heterocycles. The smallest absolute Gasteiger partial charge is 0.255 e. The number of benzene rings is 2. The van der Waals surface area contributed by atoms with Gasteiger partial charge in [0.2, 0.25) is 10.0 Å². The van der Waals surface area contributed by atoms with Crippen LogP contribution in [0, 0.1) is 0 Å². The summed E-state index contributed by atoms with van der Waals surface area (Å²) >= 11 is 0. The summed E-state index contributed by atoms with van der Waals surface area (Å²) in [5, 5.41) is 2.79. The zero-order valence-electron chi connectivity index (χ0n) is 14.0. The van der Waals surface area contributed by atoms with Gasteiger partial charge in [0.15, 0.2) is 11.5 Å². The zero-order chi connectivity index (χ0) is 18.3. The Morgan fingerprint density at radius 1 is 1.15 bits per heavy atom. The van der Waals surface area contributed by atoms with Crippen LogP contribution in [0.2, 0.25) is 0 Å². The van der Waals surface area contributed by atoms with Crippen LogP contribution in [0.15, 0.2) is 51.8 Å². The maximum absolute atomic E-state index is 12.4. The maximum atomic E-state index is 12.4. The summed E-state index contributed by atoms with van der Waals surface area (Å²) in [6, 6.07) is 11.0. The van der Waals surface area contributed by atoms with Crippen LogP contribution in [-0.4, -0.2) is 26.4 Å². The molecule has 0 aliphatic heterocycles. The van der Waals surface area contributed by atoms with E-state index in [9.17, 15) is 13.2 Å². The van der Waals surface area contributed by atoms with Crippen molar-refractivity contribution in [1.29, 1.82) is 0 Å². The number of aromatic nitrogens is 1. The molecule has 2 aromatic carbocycles. The lowest BCUT2D eigenvalue weighted by Crippen LogP contribution is -2.19. The van der Waals surface area contributed by atoms with Gasteiger partial charge < -0.3 is 9.73 Å². The Kier molecular flexibility index (Phi) is 4.01. The molecule has 3 aromatic rings. The number of nitrogens with zero attached hydrogens (tertiary/aromatic N) is 1. The van der Waals surface area contributed by atoms with Gasteiger partial charge in [0.05, 0.1) is 4.90 Å². The Morgan fingerprint density at radius 3 is 2.54 bits per heavy atom.